The summed E-state index contributed by atoms with van der Waals surface area (Å²) >= 11 is 0. The van der Waals surface area contributed by atoms with E-state index in [2.05, 4.69) is 6.92 Å². The van der Waals surface area contributed by atoms with Crippen molar-refractivity contribution in [3.63, 3.8) is 0 Å². The first-order chi connectivity index (χ1) is 18.2. The number of carboxylic acid groups (broad SMARTS) is 1. The molecule has 0 bridgehead atoms. The van der Waals surface area contributed by atoms with E-state index >= 15 is 0 Å². The molecule has 2 aromatic carbocycles. The SMILES string of the molecule is CCCCCCCN(CCOc1ccc(CC(OCC)C(=O)O)cc1)C(=O)Oc1ccccc1C(F)(F)F. The van der Waals surface area contributed by atoms with Crippen LogP contribution in [-0.4, -0.2) is 54.5 Å². The second kappa shape index (κ2) is 15.9. The summed E-state index contributed by atoms with van der Waals surface area (Å²) in [6.45, 7) is 4.65. The van der Waals surface area contributed by atoms with Gasteiger partial charge in [0, 0.05) is 19.6 Å². The number of rotatable bonds is 16. The molecule has 0 spiro atoms. The number of nitrogens with zero attached hydrogens (tertiary/aromatic N) is 1. The predicted molar refractivity (Wildman–Crippen MR) is 136 cm³/mol. The van der Waals surface area contributed by atoms with Gasteiger partial charge in [-0.2, -0.15) is 13.2 Å². The zero-order valence-electron chi connectivity index (χ0n) is 21.8. The maximum absolute atomic E-state index is 13.3. The maximum Gasteiger partial charge on any atom is 0.419 e. The number of para-hydroxylation sites is 1. The lowest BCUT2D eigenvalue weighted by molar-refractivity contribution is -0.150. The highest BCUT2D eigenvalue weighted by Crippen LogP contribution is 2.36. The molecule has 0 fully saturated rings. The molecule has 1 N–H and O–H groups in total. The number of alkyl halides is 3. The van der Waals surface area contributed by atoms with Crippen molar-refractivity contribution in [2.45, 2.75) is 64.7 Å². The molecule has 0 heterocycles. The summed E-state index contributed by atoms with van der Waals surface area (Å²) in [4.78, 5) is 25.5. The Hall–Kier alpha value is -3.27. The van der Waals surface area contributed by atoms with Crippen molar-refractivity contribution >= 4 is 12.1 Å². The van der Waals surface area contributed by atoms with E-state index in [1.807, 2.05) is 0 Å². The van der Waals surface area contributed by atoms with Gasteiger partial charge in [0.2, 0.25) is 0 Å². The van der Waals surface area contributed by atoms with Crippen LogP contribution in [0.1, 0.15) is 57.1 Å². The zero-order chi connectivity index (χ0) is 28.0. The lowest BCUT2D eigenvalue weighted by atomic mass is 10.1. The number of amides is 1. The third-order valence-electron chi connectivity index (χ3n) is 5.80. The second-order valence-corrected chi connectivity index (χ2v) is 8.74. The first kappa shape index (κ1) is 31.0. The highest BCUT2D eigenvalue weighted by atomic mass is 19.4. The van der Waals surface area contributed by atoms with E-state index in [1.165, 1.54) is 17.0 Å². The monoisotopic (exact) mass is 539 g/mol. The normalized spacial score (nSPS) is 12.1. The van der Waals surface area contributed by atoms with Gasteiger partial charge in [-0.1, -0.05) is 56.9 Å². The van der Waals surface area contributed by atoms with Crippen molar-refractivity contribution in [2.24, 2.45) is 0 Å². The van der Waals surface area contributed by atoms with Gasteiger partial charge in [0.05, 0.1) is 12.1 Å². The fourth-order valence-corrected chi connectivity index (χ4v) is 3.78. The Kier molecular flexibility index (Phi) is 12.9. The van der Waals surface area contributed by atoms with Crippen LogP contribution in [0, 0.1) is 0 Å². The van der Waals surface area contributed by atoms with Crippen LogP contribution in [0.5, 0.6) is 11.5 Å². The Morgan fingerprint density at radius 2 is 1.63 bits per heavy atom. The second-order valence-electron chi connectivity index (χ2n) is 8.74. The van der Waals surface area contributed by atoms with E-state index in [0.717, 1.165) is 43.4 Å². The summed E-state index contributed by atoms with van der Waals surface area (Å²) in [7, 11) is 0. The number of hydrogen-bond acceptors (Lipinski definition) is 5. The van der Waals surface area contributed by atoms with Gasteiger partial charge in [-0.25, -0.2) is 9.59 Å². The number of aliphatic carboxylic acids is 1. The van der Waals surface area contributed by atoms with Crippen LogP contribution < -0.4 is 9.47 Å². The number of carbonyl (C=O) groups excluding carboxylic acids is 1. The zero-order valence-corrected chi connectivity index (χ0v) is 21.8. The number of benzene rings is 2. The van der Waals surface area contributed by atoms with Gasteiger partial charge in [-0.15, -0.1) is 0 Å². The summed E-state index contributed by atoms with van der Waals surface area (Å²) in [6.07, 6.45) is -1.53. The largest absolute Gasteiger partial charge is 0.492 e. The van der Waals surface area contributed by atoms with Crippen LogP contribution in [0.15, 0.2) is 48.5 Å². The van der Waals surface area contributed by atoms with Gasteiger partial charge < -0.3 is 24.2 Å². The molecule has 0 aromatic heterocycles. The van der Waals surface area contributed by atoms with Gasteiger partial charge in [0.15, 0.2) is 6.10 Å². The minimum atomic E-state index is -4.65. The lowest BCUT2D eigenvalue weighted by Crippen LogP contribution is -2.37. The minimum absolute atomic E-state index is 0.0982. The third-order valence-corrected chi connectivity index (χ3v) is 5.80. The summed E-state index contributed by atoms with van der Waals surface area (Å²) in [6, 6.07) is 11.5. The summed E-state index contributed by atoms with van der Waals surface area (Å²) in [5.74, 6) is -1.06. The van der Waals surface area contributed by atoms with Crippen molar-refractivity contribution in [3.05, 3.63) is 59.7 Å². The Morgan fingerprint density at radius 1 is 0.947 bits per heavy atom. The van der Waals surface area contributed by atoms with Gasteiger partial charge in [0.25, 0.3) is 0 Å². The van der Waals surface area contributed by atoms with Crippen LogP contribution in [-0.2, 0) is 22.1 Å². The quantitative estimate of drug-likeness (QED) is 0.242. The fraction of sp³-hybridized carbons (Fsp3) is 0.500. The molecule has 0 saturated heterocycles. The first-order valence-electron chi connectivity index (χ1n) is 12.8. The molecule has 0 aliphatic rings. The molecule has 0 aliphatic carbocycles. The van der Waals surface area contributed by atoms with Gasteiger partial charge in [0.1, 0.15) is 18.1 Å². The van der Waals surface area contributed by atoms with Gasteiger partial charge >= 0.3 is 18.2 Å². The smallest absolute Gasteiger partial charge is 0.419 e. The highest BCUT2D eigenvalue weighted by molar-refractivity contribution is 5.72. The Bertz CT molecular complexity index is 997. The van der Waals surface area contributed by atoms with Crippen LogP contribution >= 0.6 is 0 Å². The first-order valence-corrected chi connectivity index (χ1v) is 12.8. The molecule has 0 radical (unpaired) electrons. The summed E-state index contributed by atoms with van der Waals surface area (Å²) in [5, 5.41) is 9.24. The van der Waals surface area contributed by atoms with Crippen molar-refractivity contribution in [1.82, 2.24) is 4.90 Å². The Labute approximate surface area is 221 Å². The standard InChI is InChI=1S/C28H36F3NO6/c1-3-5-6-7-10-17-32(27(35)38-24-12-9-8-11-23(24)28(29,30)31)18-19-37-22-15-13-21(14-16-22)20-25(26(33)34)36-4-2/h8-9,11-16,25H,3-7,10,17-20H2,1-2H3,(H,33,34). The molecule has 10 heteroatoms. The molecule has 1 amide bonds. The molecule has 2 rings (SSSR count). The van der Waals surface area contributed by atoms with Crippen molar-refractivity contribution < 1.29 is 42.1 Å². The van der Waals surface area contributed by atoms with Crippen LogP contribution in [0.2, 0.25) is 0 Å². The van der Waals surface area contributed by atoms with Crippen LogP contribution in [0.25, 0.3) is 0 Å². The highest BCUT2D eigenvalue weighted by Gasteiger charge is 2.35. The number of unbranched alkanes of at least 4 members (excludes halogenated alkanes) is 4. The fourth-order valence-electron chi connectivity index (χ4n) is 3.78. The van der Waals surface area contributed by atoms with Crippen molar-refractivity contribution in [2.75, 3.05) is 26.3 Å². The third kappa shape index (κ3) is 10.6. The molecule has 7 nitrogen and oxygen atoms in total. The van der Waals surface area contributed by atoms with Crippen LogP contribution in [0.4, 0.5) is 18.0 Å². The van der Waals surface area contributed by atoms with E-state index in [-0.39, 0.29) is 26.2 Å². The topological polar surface area (TPSA) is 85.3 Å². The van der Waals surface area contributed by atoms with E-state index in [1.54, 1.807) is 31.2 Å². The number of carboxylic acids is 1. The predicted octanol–water partition coefficient (Wildman–Crippen LogP) is 6.59. The van der Waals surface area contributed by atoms with Crippen molar-refractivity contribution in [3.8, 4) is 11.5 Å². The molecular weight excluding hydrogens is 503 g/mol. The molecule has 1 atom stereocenters. The summed E-state index contributed by atoms with van der Waals surface area (Å²) < 4.78 is 56.1. The molecule has 0 aliphatic heterocycles. The van der Waals surface area contributed by atoms with E-state index in [0.29, 0.717) is 18.7 Å². The van der Waals surface area contributed by atoms with Crippen molar-refractivity contribution in [1.29, 1.82) is 0 Å². The molecular formula is C28H36F3NO6. The lowest BCUT2D eigenvalue weighted by Gasteiger charge is -2.23. The summed E-state index contributed by atoms with van der Waals surface area (Å²) in [5.41, 5.74) is -0.249. The Morgan fingerprint density at radius 3 is 2.26 bits per heavy atom. The van der Waals surface area contributed by atoms with Gasteiger partial charge in [-0.3, -0.25) is 0 Å². The number of halogens is 3. The van der Waals surface area contributed by atoms with E-state index < -0.39 is 35.7 Å². The van der Waals surface area contributed by atoms with Crippen LogP contribution in [0.3, 0.4) is 0 Å². The molecule has 2 aromatic rings. The number of carbonyl (C=O) groups is 2. The number of hydrogen-bond donors (Lipinski definition) is 1. The molecule has 38 heavy (non-hydrogen) atoms. The number of ether oxygens (including phenoxy) is 3. The van der Waals surface area contributed by atoms with E-state index in [9.17, 15) is 27.9 Å². The molecule has 0 saturated carbocycles. The molecule has 210 valence electrons. The Balaban J connectivity index is 1.99. The van der Waals surface area contributed by atoms with E-state index in [4.69, 9.17) is 14.2 Å². The maximum atomic E-state index is 13.3. The average Bonchev–Trinajstić information content (AvgIpc) is 2.87. The van der Waals surface area contributed by atoms with Gasteiger partial charge in [-0.05, 0) is 43.2 Å². The minimum Gasteiger partial charge on any atom is -0.492 e. The molecule has 1 unspecified atom stereocenters. The average molecular weight is 540 g/mol.